The minimum absolute atomic E-state index is 0.0292. The Hall–Kier alpha value is -4.13. The maximum atomic E-state index is 9.76. The zero-order chi connectivity index (χ0) is 35.6. The highest BCUT2D eigenvalue weighted by molar-refractivity contribution is 6.33. The summed E-state index contributed by atoms with van der Waals surface area (Å²) in [6.07, 6.45) is 6.85. The van der Waals surface area contributed by atoms with Crippen LogP contribution in [0.15, 0.2) is 60.9 Å². The van der Waals surface area contributed by atoms with E-state index in [0.717, 1.165) is 63.2 Å². The number of hydrogen-bond acceptors (Lipinski definition) is 8. The topological polar surface area (TPSA) is 91.1 Å². The molecule has 1 unspecified atom stereocenters. The summed E-state index contributed by atoms with van der Waals surface area (Å²) >= 11 is 6.97. The van der Waals surface area contributed by atoms with E-state index in [-0.39, 0.29) is 19.3 Å². The number of likely N-dealkylation sites (N-methyl/N-ethyl adjacent to an activating group) is 1. The summed E-state index contributed by atoms with van der Waals surface area (Å²) in [5.74, 6) is 2.07. The van der Waals surface area contributed by atoms with Gasteiger partial charge in [-0.05, 0) is 113 Å². The molecule has 1 aliphatic rings. The van der Waals surface area contributed by atoms with E-state index >= 15 is 0 Å². The van der Waals surface area contributed by atoms with E-state index < -0.39 is 0 Å². The number of aliphatic hydroxyl groups is 1. The van der Waals surface area contributed by atoms with Gasteiger partial charge in [0.1, 0.15) is 36.5 Å². The van der Waals surface area contributed by atoms with Gasteiger partial charge in [0, 0.05) is 48.7 Å². The molecule has 8 nitrogen and oxygen atoms in total. The molecule has 1 fully saturated rings. The van der Waals surface area contributed by atoms with Gasteiger partial charge in [0.2, 0.25) is 0 Å². The van der Waals surface area contributed by atoms with Crippen LogP contribution in [0, 0.1) is 32.1 Å². The summed E-state index contributed by atoms with van der Waals surface area (Å²) < 4.78 is 19.1. The average Bonchev–Trinajstić information content (AvgIpc) is 3.66. The Kier molecular flexibility index (Phi) is 13.1. The van der Waals surface area contributed by atoms with Gasteiger partial charge < -0.3 is 24.2 Å². The van der Waals surface area contributed by atoms with E-state index in [4.69, 9.17) is 25.8 Å². The molecule has 50 heavy (non-hydrogen) atoms. The van der Waals surface area contributed by atoms with Crippen LogP contribution in [0.25, 0.3) is 11.1 Å². The third-order valence-corrected chi connectivity index (χ3v) is 10.2. The highest BCUT2D eigenvalue weighted by Gasteiger charge is 2.21. The van der Waals surface area contributed by atoms with Crippen LogP contribution in [0.4, 0.5) is 0 Å². The van der Waals surface area contributed by atoms with E-state index in [1.165, 1.54) is 32.1 Å². The Balaban J connectivity index is 1.35. The number of nitriles is 1. The predicted octanol–water partition coefficient (Wildman–Crippen LogP) is 8.03. The standard InChI is InChI=1S/C41H49ClN4O4/c1-28(25-47)45(5)24-37-31(4)41(42)40(20-39(37)49-26-33-19-32(21-43)22-44-23-33)50-27-34-11-8-12-35(29(34)2)36-13-9-14-38(30(36)3)48-18-10-17-46-15-6-7-16-46/h8-9,11-14,19-20,22-23,28,47H,6-7,10,15-18,24-27H2,1-5H3. The first-order chi connectivity index (χ1) is 24.2. The fourth-order valence-electron chi connectivity index (χ4n) is 6.36. The maximum absolute atomic E-state index is 9.76. The molecule has 0 bridgehead atoms. The van der Waals surface area contributed by atoms with Crippen molar-refractivity contribution in [3.63, 3.8) is 0 Å². The van der Waals surface area contributed by atoms with Crippen molar-refractivity contribution in [1.29, 1.82) is 5.26 Å². The molecule has 1 saturated heterocycles. The van der Waals surface area contributed by atoms with Gasteiger partial charge in [0.05, 0.1) is 23.8 Å². The highest BCUT2D eigenvalue weighted by Crippen LogP contribution is 2.39. The lowest BCUT2D eigenvalue weighted by Crippen LogP contribution is -2.31. The fourth-order valence-corrected chi connectivity index (χ4v) is 6.58. The van der Waals surface area contributed by atoms with Crippen LogP contribution in [0.5, 0.6) is 17.2 Å². The van der Waals surface area contributed by atoms with Crippen molar-refractivity contribution in [2.45, 2.75) is 72.8 Å². The number of benzene rings is 3. The largest absolute Gasteiger partial charge is 0.493 e. The normalized spacial score (nSPS) is 13.7. The third-order valence-electron chi connectivity index (χ3n) is 9.78. The number of ether oxygens (including phenoxy) is 3. The van der Waals surface area contributed by atoms with E-state index in [1.54, 1.807) is 12.3 Å². The number of halogens is 1. The van der Waals surface area contributed by atoms with E-state index in [0.29, 0.717) is 41.8 Å². The number of hydrogen-bond donors (Lipinski definition) is 1. The van der Waals surface area contributed by atoms with Crippen LogP contribution in [0.1, 0.15) is 65.1 Å². The second-order valence-electron chi connectivity index (χ2n) is 13.3. The van der Waals surface area contributed by atoms with Crippen molar-refractivity contribution < 1.29 is 19.3 Å². The number of nitrogens with zero attached hydrogens (tertiary/aromatic N) is 4. The van der Waals surface area contributed by atoms with Crippen LogP contribution in [-0.4, -0.2) is 65.8 Å². The molecule has 0 spiro atoms. The van der Waals surface area contributed by atoms with Crippen LogP contribution >= 0.6 is 11.6 Å². The lowest BCUT2D eigenvalue weighted by Gasteiger charge is -2.26. The molecule has 0 saturated carbocycles. The zero-order valence-electron chi connectivity index (χ0n) is 30.0. The minimum atomic E-state index is -0.0561. The quantitative estimate of drug-likeness (QED) is 0.118. The first-order valence-electron chi connectivity index (χ1n) is 17.5. The summed E-state index contributed by atoms with van der Waals surface area (Å²) in [6, 6.07) is 18.3. The van der Waals surface area contributed by atoms with Gasteiger partial charge in [-0.15, -0.1) is 0 Å². The first kappa shape index (κ1) is 37.1. The van der Waals surface area contributed by atoms with Crippen LogP contribution in [0.2, 0.25) is 5.02 Å². The molecule has 2 heterocycles. The lowest BCUT2D eigenvalue weighted by atomic mass is 9.93. The number of rotatable bonds is 16. The smallest absolute Gasteiger partial charge is 0.142 e. The Labute approximate surface area is 302 Å². The molecule has 0 aliphatic carbocycles. The van der Waals surface area contributed by atoms with E-state index in [2.05, 4.69) is 71.1 Å². The van der Waals surface area contributed by atoms with Crippen molar-refractivity contribution in [2.24, 2.45) is 0 Å². The number of aliphatic hydroxyl groups excluding tert-OH is 1. The predicted molar refractivity (Wildman–Crippen MR) is 199 cm³/mol. The zero-order valence-corrected chi connectivity index (χ0v) is 30.7. The molecule has 9 heteroatoms. The maximum Gasteiger partial charge on any atom is 0.142 e. The minimum Gasteiger partial charge on any atom is -0.493 e. The molecule has 0 radical (unpaired) electrons. The molecule has 0 amide bonds. The second kappa shape index (κ2) is 17.7. The summed E-state index contributed by atoms with van der Waals surface area (Å²) in [4.78, 5) is 8.74. The average molecular weight is 697 g/mol. The van der Waals surface area contributed by atoms with Gasteiger partial charge in [0.25, 0.3) is 0 Å². The fraction of sp³-hybridized carbons (Fsp3) is 0.415. The summed E-state index contributed by atoms with van der Waals surface area (Å²) in [5.41, 5.74) is 8.60. The van der Waals surface area contributed by atoms with Crippen molar-refractivity contribution in [3.05, 3.63) is 105 Å². The highest BCUT2D eigenvalue weighted by atomic mass is 35.5. The van der Waals surface area contributed by atoms with Crippen molar-refractivity contribution in [3.8, 4) is 34.4 Å². The molecular weight excluding hydrogens is 648 g/mol. The molecule has 1 atom stereocenters. The molecule has 3 aromatic carbocycles. The molecular formula is C41H49ClN4O4. The third kappa shape index (κ3) is 9.15. The SMILES string of the molecule is Cc1c(COc2cc(OCc3cncc(C#N)c3)c(CN(C)C(C)CO)c(C)c2Cl)cccc1-c1cccc(OCCCN2CCCC2)c1C. The molecule has 4 aromatic rings. The van der Waals surface area contributed by atoms with Gasteiger partial charge in [-0.2, -0.15) is 5.26 Å². The monoisotopic (exact) mass is 696 g/mol. The molecule has 1 aliphatic heterocycles. The number of aromatic nitrogens is 1. The molecule has 1 aromatic heterocycles. The molecule has 264 valence electrons. The Morgan fingerprint density at radius 3 is 2.38 bits per heavy atom. The lowest BCUT2D eigenvalue weighted by molar-refractivity contribution is 0.152. The van der Waals surface area contributed by atoms with E-state index in [9.17, 15) is 10.4 Å². The second-order valence-corrected chi connectivity index (χ2v) is 13.7. The summed E-state index contributed by atoms with van der Waals surface area (Å²) in [6.45, 7) is 13.5. The van der Waals surface area contributed by atoms with Gasteiger partial charge in [-0.1, -0.05) is 41.9 Å². The van der Waals surface area contributed by atoms with Gasteiger partial charge in [0.15, 0.2) is 0 Å². The van der Waals surface area contributed by atoms with E-state index in [1.807, 2.05) is 27.0 Å². The van der Waals surface area contributed by atoms with Crippen LogP contribution in [0.3, 0.4) is 0 Å². The summed E-state index contributed by atoms with van der Waals surface area (Å²) in [5, 5.41) is 19.6. The number of pyridine rings is 1. The van der Waals surface area contributed by atoms with Gasteiger partial charge in [-0.25, -0.2) is 0 Å². The number of likely N-dealkylation sites (tertiary alicyclic amines) is 1. The Morgan fingerprint density at radius 1 is 0.920 bits per heavy atom. The van der Waals surface area contributed by atoms with Crippen molar-refractivity contribution >= 4 is 11.6 Å². The summed E-state index contributed by atoms with van der Waals surface area (Å²) in [7, 11) is 1.96. The first-order valence-corrected chi connectivity index (χ1v) is 17.8. The van der Waals surface area contributed by atoms with Crippen LogP contribution in [-0.2, 0) is 19.8 Å². The van der Waals surface area contributed by atoms with Crippen molar-refractivity contribution in [2.75, 3.05) is 39.9 Å². The Morgan fingerprint density at radius 2 is 1.64 bits per heavy atom. The molecule has 5 rings (SSSR count). The van der Waals surface area contributed by atoms with Crippen molar-refractivity contribution in [1.82, 2.24) is 14.8 Å². The van der Waals surface area contributed by atoms with Crippen LogP contribution < -0.4 is 14.2 Å². The molecule has 1 N–H and O–H groups in total. The van der Waals surface area contributed by atoms with Gasteiger partial charge in [-0.3, -0.25) is 9.88 Å². The Bertz CT molecular complexity index is 1800. The van der Waals surface area contributed by atoms with Gasteiger partial charge >= 0.3 is 0 Å².